The van der Waals surface area contributed by atoms with Crippen LogP contribution in [0.1, 0.15) is 30.5 Å². The van der Waals surface area contributed by atoms with Crippen LogP contribution in [0.3, 0.4) is 0 Å². The van der Waals surface area contributed by atoms with Crippen molar-refractivity contribution in [2.24, 2.45) is 0 Å². The molecule has 0 saturated carbocycles. The molecule has 0 spiro atoms. The van der Waals surface area contributed by atoms with Crippen LogP contribution in [0.25, 0.3) is 0 Å². The Morgan fingerprint density at radius 2 is 1.85 bits per heavy atom. The van der Waals surface area contributed by atoms with Gasteiger partial charge in [0.15, 0.2) is 0 Å². The van der Waals surface area contributed by atoms with Crippen LogP contribution in [0, 0.1) is 0 Å². The molecule has 1 aromatic rings. The first-order valence-corrected chi connectivity index (χ1v) is 7.90. The first-order chi connectivity index (χ1) is 9.72. The van der Waals surface area contributed by atoms with Gasteiger partial charge in [0.1, 0.15) is 0 Å². The molecule has 1 fully saturated rings. The average Bonchev–Trinajstić information content (AvgIpc) is 2.69. The molecule has 0 amide bonds. The maximum Gasteiger partial charge on any atom is 0.0446 e. The molecule has 1 aromatic carbocycles. The number of rotatable bonds is 5. The summed E-state index contributed by atoms with van der Waals surface area (Å²) < 4.78 is 0. The third kappa shape index (κ3) is 4.30. The topological polar surface area (TPSA) is 18.5 Å². The lowest BCUT2D eigenvalue weighted by molar-refractivity contribution is 0.251. The largest absolute Gasteiger partial charge is 0.312 e. The van der Waals surface area contributed by atoms with Gasteiger partial charge in [0.25, 0.3) is 0 Å². The number of benzene rings is 1. The Morgan fingerprint density at radius 1 is 1.10 bits per heavy atom. The van der Waals surface area contributed by atoms with Crippen molar-refractivity contribution in [2.45, 2.75) is 25.8 Å². The van der Waals surface area contributed by atoms with Gasteiger partial charge >= 0.3 is 0 Å². The van der Waals surface area contributed by atoms with Gasteiger partial charge in [-0.3, -0.25) is 0 Å². The van der Waals surface area contributed by atoms with E-state index in [1.807, 2.05) is 0 Å². The molecule has 0 aromatic heterocycles. The highest BCUT2D eigenvalue weighted by Crippen LogP contribution is 2.16. The van der Waals surface area contributed by atoms with E-state index < -0.39 is 0 Å². The standard InChI is InChI=1S/C17H29N3/c1-4-15-6-8-16(9-7-15)17(18-2)14-20-11-5-10-19(3)12-13-20/h6-9,17-18H,4-5,10-14H2,1-3H3. The van der Waals surface area contributed by atoms with Gasteiger partial charge in [-0.25, -0.2) is 0 Å². The molecular weight excluding hydrogens is 246 g/mol. The SMILES string of the molecule is CCc1ccc(C(CN2CCCN(C)CC2)NC)cc1. The third-order valence-electron chi connectivity index (χ3n) is 4.39. The first kappa shape index (κ1) is 15.5. The summed E-state index contributed by atoms with van der Waals surface area (Å²) in [7, 11) is 4.30. The lowest BCUT2D eigenvalue weighted by Gasteiger charge is -2.26. The molecule has 20 heavy (non-hydrogen) atoms. The summed E-state index contributed by atoms with van der Waals surface area (Å²) in [5.41, 5.74) is 2.82. The summed E-state index contributed by atoms with van der Waals surface area (Å²) in [5.74, 6) is 0. The minimum absolute atomic E-state index is 0.435. The van der Waals surface area contributed by atoms with Crippen LogP contribution in [0.4, 0.5) is 0 Å². The quantitative estimate of drug-likeness (QED) is 0.888. The average molecular weight is 275 g/mol. The van der Waals surface area contributed by atoms with E-state index in [4.69, 9.17) is 0 Å². The zero-order valence-corrected chi connectivity index (χ0v) is 13.2. The molecule has 1 aliphatic heterocycles. The van der Waals surface area contributed by atoms with Crippen molar-refractivity contribution in [3.8, 4) is 0 Å². The second-order valence-corrected chi connectivity index (χ2v) is 5.89. The van der Waals surface area contributed by atoms with E-state index in [1.54, 1.807) is 0 Å². The second kappa shape index (κ2) is 7.77. The Labute approximate surface area is 124 Å². The van der Waals surface area contributed by atoms with Crippen molar-refractivity contribution >= 4 is 0 Å². The molecule has 0 radical (unpaired) electrons. The van der Waals surface area contributed by atoms with Crippen LogP contribution < -0.4 is 5.32 Å². The lowest BCUT2D eigenvalue weighted by Crippen LogP contribution is -2.36. The lowest BCUT2D eigenvalue weighted by atomic mass is 10.0. The third-order valence-corrected chi connectivity index (χ3v) is 4.39. The Balaban J connectivity index is 1.96. The molecule has 1 unspecified atom stereocenters. The molecule has 0 bridgehead atoms. The van der Waals surface area contributed by atoms with Gasteiger partial charge in [0, 0.05) is 25.7 Å². The molecule has 0 aliphatic carbocycles. The summed E-state index contributed by atoms with van der Waals surface area (Å²) in [6.07, 6.45) is 2.39. The van der Waals surface area contributed by atoms with Crippen molar-refractivity contribution in [1.29, 1.82) is 0 Å². The molecule has 112 valence electrons. The monoisotopic (exact) mass is 275 g/mol. The Hall–Kier alpha value is -0.900. The van der Waals surface area contributed by atoms with Crippen LogP contribution in [0.2, 0.25) is 0 Å². The normalized spacial score (nSPS) is 19.8. The van der Waals surface area contributed by atoms with Crippen LogP contribution in [0.5, 0.6) is 0 Å². The van der Waals surface area contributed by atoms with Crippen molar-refractivity contribution in [3.05, 3.63) is 35.4 Å². The molecule has 1 N–H and O–H groups in total. The number of nitrogens with zero attached hydrogens (tertiary/aromatic N) is 2. The van der Waals surface area contributed by atoms with Gasteiger partial charge in [-0.2, -0.15) is 0 Å². The van der Waals surface area contributed by atoms with Crippen LogP contribution in [0.15, 0.2) is 24.3 Å². The molecular formula is C17H29N3. The van der Waals surface area contributed by atoms with E-state index in [0.717, 1.165) is 13.0 Å². The van der Waals surface area contributed by atoms with Gasteiger partial charge in [-0.05, 0) is 51.2 Å². The van der Waals surface area contributed by atoms with Crippen molar-refractivity contribution in [3.63, 3.8) is 0 Å². The van der Waals surface area contributed by atoms with Crippen LogP contribution in [-0.2, 0) is 6.42 Å². The van der Waals surface area contributed by atoms with Gasteiger partial charge < -0.3 is 15.1 Å². The molecule has 1 saturated heterocycles. The minimum Gasteiger partial charge on any atom is -0.312 e. The van der Waals surface area contributed by atoms with Gasteiger partial charge in [-0.1, -0.05) is 31.2 Å². The van der Waals surface area contributed by atoms with E-state index >= 15 is 0 Å². The fraction of sp³-hybridized carbons (Fsp3) is 0.647. The summed E-state index contributed by atoms with van der Waals surface area (Å²) in [6, 6.07) is 9.52. The fourth-order valence-electron chi connectivity index (χ4n) is 2.89. The first-order valence-electron chi connectivity index (χ1n) is 7.90. The van der Waals surface area contributed by atoms with E-state index in [1.165, 1.54) is 43.7 Å². The maximum atomic E-state index is 3.48. The van der Waals surface area contributed by atoms with E-state index in [0.29, 0.717) is 6.04 Å². The van der Waals surface area contributed by atoms with Crippen LogP contribution >= 0.6 is 0 Å². The van der Waals surface area contributed by atoms with Crippen molar-refractivity contribution in [2.75, 3.05) is 46.8 Å². The summed E-state index contributed by atoms with van der Waals surface area (Å²) >= 11 is 0. The zero-order valence-electron chi connectivity index (χ0n) is 13.2. The predicted molar refractivity (Wildman–Crippen MR) is 86.2 cm³/mol. The molecule has 1 aliphatic rings. The number of nitrogens with one attached hydrogen (secondary N) is 1. The highest BCUT2D eigenvalue weighted by atomic mass is 15.2. The summed E-state index contributed by atoms with van der Waals surface area (Å²) in [5, 5.41) is 3.48. The minimum atomic E-state index is 0.435. The molecule has 1 heterocycles. The maximum absolute atomic E-state index is 3.48. The fourth-order valence-corrected chi connectivity index (χ4v) is 2.89. The predicted octanol–water partition coefficient (Wildman–Crippen LogP) is 2.15. The van der Waals surface area contributed by atoms with E-state index in [-0.39, 0.29) is 0 Å². The van der Waals surface area contributed by atoms with Crippen LogP contribution in [-0.4, -0.2) is 56.6 Å². The Bertz CT molecular complexity index is 388. The number of hydrogen-bond acceptors (Lipinski definition) is 3. The van der Waals surface area contributed by atoms with E-state index in [2.05, 4.69) is 60.4 Å². The summed E-state index contributed by atoms with van der Waals surface area (Å²) in [4.78, 5) is 5.03. The molecule has 1 atom stereocenters. The van der Waals surface area contributed by atoms with Gasteiger partial charge in [0.2, 0.25) is 0 Å². The number of hydrogen-bond donors (Lipinski definition) is 1. The van der Waals surface area contributed by atoms with E-state index in [9.17, 15) is 0 Å². The van der Waals surface area contributed by atoms with Gasteiger partial charge in [-0.15, -0.1) is 0 Å². The highest BCUT2D eigenvalue weighted by Gasteiger charge is 2.17. The van der Waals surface area contributed by atoms with Gasteiger partial charge in [0.05, 0.1) is 0 Å². The smallest absolute Gasteiger partial charge is 0.0446 e. The highest BCUT2D eigenvalue weighted by molar-refractivity contribution is 5.25. The number of likely N-dealkylation sites (N-methyl/N-ethyl adjacent to an activating group) is 2. The second-order valence-electron chi connectivity index (χ2n) is 5.89. The Morgan fingerprint density at radius 3 is 2.50 bits per heavy atom. The number of aryl methyl sites for hydroxylation is 1. The zero-order chi connectivity index (χ0) is 14.4. The molecule has 3 heteroatoms. The molecule has 2 rings (SSSR count). The van der Waals surface area contributed by atoms with Crippen molar-refractivity contribution in [1.82, 2.24) is 15.1 Å². The molecule has 3 nitrogen and oxygen atoms in total. The summed E-state index contributed by atoms with van der Waals surface area (Å²) in [6.45, 7) is 8.13. The van der Waals surface area contributed by atoms with Crippen molar-refractivity contribution < 1.29 is 0 Å². The Kier molecular flexibility index (Phi) is 6.02.